The zero-order valence-electron chi connectivity index (χ0n) is 16.6. The molecule has 0 aliphatic heterocycles. The van der Waals surface area contributed by atoms with Gasteiger partial charge in [-0.25, -0.2) is 10.4 Å². The zero-order chi connectivity index (χ0) is 20.8. The number of benzene rings is 3. The largest absolute Gasteiger partial charge is 0.489 e. The highest BCUT2D eigenvalue weighted by atomic mass is 16.5. The van der Waals surface area contributed by atoms with Crippen molar-refractivity contribution in [2.24, 2.45) is 5.10 Å². The molecule has 0 radical (unpaired) electrons. The van der Waals surface area contributed by atoms with Gasteiger partial charge in [0.2, 0.25) is 5.95 Å². The number of hydrazone groups is 1. The molecule has 1 aromatic heterocycles. The van der Waals surface area contributed by atoms with Gasteiger partial charge in [0.15, 0.2) is 0 Å². The van der Waals surface area contributed by atoms with Crippen LogP contribution in [0.1, 0.15) is 23.6 Å². The molecule has 0 fully saturated rings. The molecule has 4 rings (SSSR count). The van der Waals surface area contributed by atoms with Crippen LogP contribution in [-0.4, -0.2) is 15.8 Å². The van der Waals surface area contributed by atoms with Crippen LogP contribution in [0.5, 0.6) is 5.75 Å². The van der Waals surface area contributed by atoms with E-state index in [2.05, 4.69) is 39.1 Å². The topological polar surface area (TPSA) is 75.2 Å². The molecular formula is C24H21N5O. The molecular weight excluding hydrogens is 374 g/mol. The van der Waals surface area contributed by atoms with Crippen LogP contribution < -0.4 is 10.2 Å². The molecule has 0 saturated heterocycles. The minimum Gasteiger partial charge on any atom is -0.489 e. The maximum Gasteiger partial charge on any atom is 0.224 e. The van der Waals surface area contributed by atoms with E-state index >= 15 is 0 Å². The summed E-state index contributed by atoms with van der Waals surface area (Å²) in [5, 5.41) is 13.5. The summed E-state index contributed by atoms with van der Waals surface area (Å²) < 4.78 is 7.89. The average Bonchev–Trinajstić information content (AvgIpc) is 3.16. The van der Waals surface area contributed by atoms with Crippen molar-refractivity contribution >= 4 is 23.2 Å². The Kier molecular flexibility index (Phi) is 5.72. The Morgan fingerprint density at radius 1 is 1.07 bits per heavy atom. The molecule has 0 aliphatic rings. The van der Waals surface area contributed by atoms with Gasteiger partial charge in [0.1, 0.15) is 12.4 Å². The summed E-state index contributed by atoms with van der Waals surface area (Å²) in [6.45, 7) is 3.24. The number of aromatic nitrogens is 2. The number of ether oxygens (including phenoxy) is 1. The number of hydrogen-bond donors (Lipinski definition) is 1. The molecule has 1 heterocycles. The first-order valence-electron chi connectivity index (χ1n) is 9.73. The standard InChI is InChI=1S/C24H21N5O/c1-2-29-23-10-6-5-9-22(23)27-24(29)28-26-16-18-11-13-21(14-12-18)30-17-20-8-4-3-7-19(20)15-25/h3-14,16H,2,17H2,1H3,(H,27,28)/b26-16-. The quantitative estimate of drug-likeness (QED) is 0.355. The van der Waals surface area contributed by atoms with E-state index in [1.54, 1.807) is 12.3 Å². The zero-order valence-corrected chi connectivity index (χ0v) is 16.6. The van der Waals surface area contributed by atoms with E-state index in [4.69, 9.17) is 10.00 Å². The highest BCUT2D eigenvalue weighted by Crippen LogP contribution is 2.19. The molecule has 0 amide bonds. The third-order valence-corrected chi connectivity index (χ3v) is 4.76. The summed E-state index contributed by atoms with van der Waals surface area (Å²) in [5.74, 6) is 1.45. The van der Waals surface area contributed by atoms with Crippen LogP contribution in [-0.2, 0) is 13.2 Å². The fourth-order valence-corrected chi connectivity index (χ4v) is 3.21. The molecule has 0 atom stereocenters. The number of anilines is 1. The average molecular weight is 395 g/mol. The number of hydrogen-bond acceptors (Lipinski definition) is 5. The summed E-state index contributed by atoms with van der Waals surface area (Å²) >= 11 is 0. The molecule has 0 aliphatic carbocycles. The summed E-state index contributed by atoms with van der Waals surface area (Å²) in [6, 6.07) is 25.3. The Morgan fingerprint density at radius 2 is 1.83 bits per heavy atom. The number of aryl methyl sites for hydroxylation is 1. The van der Waals surface area contributed by atoms with E-state index in [1.165, 1.54) is 0 Å². The number of nitriles is 1. The predicted octanol–water partition coefficient (Wildman–Crippen LogP) is 4.95. The van der Waals surface area contributed by atoms with Gasteiger partial charge in [-0.2, -0.15) is 10.4 Å². The summed E-state index contributed by atoms with van der Waals surface area (Å²) in [7, 11) is 0. The van der Waals surface area contributed by atoms with Gasteiger partial charge in [0, 0.05) is 12.1 Å². The van der Waals surface area contributed by atoms with Crippen molar-refractivity contribution in [2.45, 2.75) is 20.1 Å². The Morgan fingerprint density at radius 3 is 2.63 bits per heavy atom. The minimum atomic E-state index is 0.353. The summed E-state index contributed by atoms with van der Waals surface area (Å²) in [4.78, 5) is 4.59. The number of rotatable bonds is 7. The van der Waals surface area contributed by atoms with Crippen LogP contribution in [0, 0.1) is 11.3 Å². The van der Waals surface area contributed by atoms with Gasteiger partial charge < -0.3 is 9.30 Å². The van der Waals surface area contributed by atoms with Gasteiger partial charge in [-0.05, 0) is 55.0 Å². The van der Waals surface area contributed by atoms with Gasteiger partial charge in [-0.3, -0.25) is 0 Å². The van der Waals surface area contributed by atoms with Gasteiger partial charge in [0.25, 0.3) is 0 Å². The minimum absolute atomic E-state index is 0.353. The first kappa shape index (κ1) is 19.2. The van der Waals surface area contributed by atoms with Crippen LogP contribution in [0.15, 0.2) is 77.9 Å². The molecule has 4 aromatic rings. The van der Waals surface area contributed by atoms with Gasteiger partial charge in [0.05, 0.1) is 28.9 Å². The lowest BCUT2D eigenvalue weighted by molar-refractivity contribution is 0.306. The van der Waals surface area contributed by atoms with Crippen molar-refractivity contribution in [1.29, 1.82) is 5.26 Å². The lowest BCUT2D eigenvalue weighted by atomic mass is 10.1. The normalized spacial score (nSPS) is 10.9. The Bertz CT molecular complexity index is 1220. The van der Waals surface area contributed by atoms with E-state index in [1.807, 2.05) is 60.7 Å². The number of fused-ring (bicyclic) bond motifs is 1. The van der Waals surface area contributed by atoms with Crippen molar-refractivity contribution in [3.8, 4) is 11.8 Å². The first-order valence-corrected chi connectivity index (χ1v) is 9.73. The second-order valence-electron chi connectivity index (χ2n) is 6.67. The first-order chi connectivity index (χ1) is 14.8. The SMILES string of the molecule is CCn1c(N/N=C\c2ccc(OCc3ccccc3C#N)cc2)nc2ccccc21. The van der Waals surface area contributed by atoms with E-state index in [9.17, 15) is 0 Å². The predicted molar refractivity (Wildman–Crippen MR) is 119 cm³/mol. The lowest BCUT2D eigenvalue weighted by Gasteiger charge is -2.07. The molecule has 0 bridgehead atoms. The molecule has 30 heavy (non-hydrogen) atoms. The Balaban J connectivity index is 1.39. The molecule has 1 N–H and O–H groups in total. The number of nitrogens with zero attached hydrogens (tertiary/aromatic N) is 4. The smallest absolute Gasteiger partial charge is 0.224 e. The second kappa shape index (κ2) is 8.93. The van der Waals surface area contributed by atoms with E-state index in [0.29, 0.717) is 18.1 Å². The van der Waals surface area contributed by atoms with Crippen molar-refractivity contribution in [3.63, 3.8) is 0 Å². The maximum atomic E-state index is 9.16. The molecule has 6 heteroatoms. The van der Waals surface area contributed by atoms with Crippen LogP contribution in [0.4, 0.5) is 5.95 Å². The fourth-order valence-electron chi connectivity index (χ4n) is 3.21. The summed E-state index contributed by atoms with van der Waals surface area (Å²) in [5.41, 5.74) is 7.49. The fraction of sp³-hybridized carbons (Fsp3) is 0.125. The molecule has 3 aromatic carbocycles. The third-order valence-electron chi connectivity index (χ3n) is 4.76. The second-order valence-corrected chi connectivity index (χ2v) is 6.67. The molecule has 0 spiro atoms. The monoisotopic (exact) mass is 395 g/mol. The van der Waals surface area contributed by atoms with E-state index < -0.39 is 0 Å². The van der Waals surface area contributed by atoms with Gasteiger partial charge in [-0.1, -0.05) is 30.3 Å². The van der Waals surface area contributed by atoms with Crippen LogP contribution in [0.2, 0.25) is 0 Å². The Labute approximate surface area is 175 Å². The molecule has 0 saturated carbocycles. The van der Waals surface area contributed by atoms with Crippen LogP contribution in [0.3, 0.4) is 0 Å². The highest BCUT2D eigenvalue weighted by molar-refractivity contribution is 5.81. The van der Waals surface area contributed by atoms with E-state index in [0.717, 1.165) is 34.5 Å². The van der Waals surface area contributed by atoms with Gasteiger partial charge >= 0.3 is 0 Å². The summed E-state index contributed by atoms with van der Waals surface area (Å²) in [6.07, 6.45) is 1.74. The van der Waals surface area contributed by atoms with Crippen molar-refractivity contribution in [1.82, 2.24) is 9.55 Å². The number of para-hydroxylation sites is 2. The van der Waals surface area contributed by atoms with Crippen molar-refractivity contribution < 1.29 is 4.74 Å². The van der Waals surface area contributed by atoms with Gasteiger partial charge in [-0.15, -0.1) is 0 Å². The highest BCUT2D eigenvalue weighted by Gasteiger charge is 2.07. The van der Waals surface area contributed by atoms with Crippen LogP contribution in [0.25, 0.3) is 11.0 Å². The number of imidazole rings is 1. The maximum absolute atomic E-state index is 9.16. The third kappa shape index (κ3) is 4.15. The number of nitrogens with one attached hydrogen (secondary N) is 1. The lowest BCUT2D eigenvalue weighted by Crippen LogP contribution is -2.02. The van der Waals surface area contributed by atoms with E-state index in [-0.39, 0.29) is 0 Å². The molecule has 0 unspecified atom stereocenters. The Hall–Kier alpha value is -4.11. The molecule has 6 nitrogen and oxygen atoms in total. The van der Waals surface area contributed by atoms with Crippen molar-refractivity contribution in [3.05, 3.63) is 89.5 Å². The molecule has 148 valence electrons. The van der Waals surface area contributed by atoms with Crippen LogP contribution >= 0.6 is 0 Å². The van der Waals surface area contributed by atoms with Crippen molar-refractivity contribution in [2.75, 3.05) is 5.43 Å².